The summed E-state index contributed by atoms with van der Waals surface area (Å²) in [7, 11) is 0. The topological polar surface area (TPSA) is 71.1 Å². The molecule has 3 aromatic rings. The van der Waals surface area contributed by atoms with Gasteiger partial charge in [-0.05, 0) is 25.1 Å². The van der Waals surface area contributed by atoms with Crippen molar-refractivity contribution in [2.24, 2.45) is 0 Å². The van der Waals surface area contributed by atoms with E-state index in [9.17, 15) is 14.0 Å². The lowest BCUT2D eigenvalue weighted by atomic mass is 10.2. The summed E-state index contributed by atoms with van der Waals surface area (Å²) >= 11 is 1.48. The van der Waals surface area contributed by atoms with E-state index in [-0.39, 0.29) is 23.9 Å². The van der Waals surface area contributed by atoms with Gasteiger partial charge in [0, 0.05) is 23.6 Å². The first-order chi connectivity index (χ1) is 12.9. The Morgan fingerprint density at radius 1 is 1.11 bits per heavy atom. The van der Waals surface area contributed by atoms with Crippen LogP contribution < -0.4 is 10.6 Å². The number of nitrogens with one attached hydrogen (secondary N) is 2. The van der Waals surface area contributed by atoms with E-state index < -0.39 is 5.82 Å². The number of benzene rings is 2. The van der Waals surface area contributed by atoms with E-state index in [1.165, 1.54) is 42.0 Å². The van der Waals surface area contributed by atoms with Gasteiger partial charge in [0.1, 0.15) is 10.8 Å². The molecule has 0 unspecified atom stereocenters. The summed E-state index contributed by atoms with van der Waals surface area (Å²) in [5.74, 6) is -1.22. The molecule has 0 bridgehead atoms. The predicted octanol–water partition coefficient (Wildman–Crippen LogP) is 4.40. The SMILES string of the molecule is CC(=O)Nc1cc(NC(=O)Cc2csc(-c3ccc(C)cc3)n2)ccc1F. The quantitative estimate of drug-likeness (QED) is 0.686. The van der Waals surface area contributed by atoms with Gasteiger partial charge in [0.05, 0.1) is 17.8 Å². The molecule has 0 atom stereocenters. The minimum atomic E-state index is -0.564. The Balaban J connectivity index is 1.66. The van der Waals surface area contributed by atoms with Gasteiger partial charge in [-0.15, -0.1) is 11.3 Å². The number of amides is 2. The van der Waals surface area contributed by atoms with Gasteiger partial charge < -0.3 is 10.6 Å². The van der Waals surface area contributed by atoms with Crippen LogP contribution in [0.25, 0.3) is 10.6 Å². The number of anilines is 2. The zero-order chi connectivity index (χ0) is 19.4. The summed E-state index contributed by atoms with van der Waals surface area (Å²) in [6.45, 7) is 3.31. The summed E-state index contributed by atoms with van der Waals surface area (Å²) in [5.41, 5.74) is 3.27. The number of hydrogen-bond donors (Lipinski definition) is 2. The minimum absolute atomic E-state index is 0.0237. The molecule has 0 saturated carbocycles. The molecule has 1 heterocycles. The molecule has 5 nitrogen and oxygen atoms in total. The smallest absolute Gasteiger partial charge is 0.230 e. The molecule has 0 aliphatic carbocycles. The van der Waals surface area contributed by atoms with Gasteiger partial charge in [-0.25, -0.2) is 9.37 Å². The summed E-state index contributed by atoms with van der Waals surface area (Å²) in [6, 6.07) is 12.1. The van der Waals surface area contributed by atoms with Gasteiger partial charge in [0.15, 0.2) is 0 Å². The number of carbonyl (C=O) groups excluding carboxylic acids is 2. The molecule has 2 aromatic carbocycles. The Morgan fingerprint density at radius 2 is 1.85 bits per heavy atom. The maximum atomic E-state index is 13.7. The first-order valence-corrected chi connectivity index (χ1v) is 9.17. The van der Waals surface area contributed by atoms with Crippen molar-refractivity contribution in [3.63, 3.8) is 0 Å². The number of halogens is 1. The van der Waals surface area contributed by atoms with Crippen LogP contribution in [-0.4, -0.2) is 16.8 Å². The van der Waals surface area contributed by atoms with Crippen LogP contribution in [0.3, 0.4) is 0 Å². The molecule has 2 N–H and O–H groups in total. The monoisotopic (exact) mass is 383 g/mol. The van der Waals surface area contributed by atoms with Crippen LogP contribution in [0.2, 0.25) is 0 Å². The van der Waals surface area contributed by atoms with E-state index in [2.05, 4.69) is 15.6 Å². The highest BCUT2D eigenvalue weighted by Crippen LogP contribution is 2.24. The van der Waals surface area contributed by atoms with Crippen molar-refractivity contribution in [3.8, 4) is 10.6 Å². The van der Waals surface area contributed by atoms with Gasteiger partial charge in [0.25, 0.3) is 0 Å². The molecule has 0 aliphatic rings. The minimum Gasteiger partial charge on any atom is -0.326 e. The highest BCUT2D eigenvalue weighted by Gasteiger charge is 2.11. The fourth-order valence-electron chi connectivity index (χ4n) is 2.48. The molecule has 138 valence electrons. The standard InChI is InChI=1S/C20H18FN3O2S/c1-12-3-5-14(6-4-12)20-24-16(11-27-20)10-19(26)23-15-7-8-17(21)18(9-15)22-13(2)25/h3-9,11H,10H2,1-2H3,(H,22,25)(H,23,26). The van der Waals surface area contributed by atoms with Crippen molar-refractivity contribution in [2.45, 2.75) is 20.3 Å². The van der Waals surface area contributed by atoms with Crippen molar-refractivity contribution in [2.75, 3.05) is 10.6 Å². The van der Waals surface area contributed by atoms with Crippen LogP contribution in [0.5, 0.6) is 0 Å². The van der Waals surface area contributed by atoms with Crippen molar-refractivity contribution < 1.29 is 14.0 Å². The second-order valence-electron chi connectivity index (χ2n) is 6.11. The molecule has 27 heavy (non-hydrogen) atoms. The van der Waals surface area contributed by atoms with E-state index in [0.29, 0.717) is 11.4 Å². The summed E-state index contributed by atoms with van der Waals surface area (Å²) in [6.07, 6.45) is 0.106. The second-order valence-corrected chi connectivity index (χ2v) is 6.97. The van der Waals surface area contributed by atoms with E-state index in [4.69, 9.17) is 0 Å². The number of carbonyl (C=O) groups is 2. The predicted molar refractivity (Wildman–Crippen MR) is 105 cm³/mol. The number of thiazole rings is 1. The molecule has 0 aliphatic heterocycles. The van der Waals surface area contributed by atoms with E-state index in [0.717, 1.165) is 10.6 Å². The van der Waals surface area contributed by atoms with Crippen LogP contribution in [0, 0.1) is 12.7 Å². The Hall–Kier alpha value is -3.06. The van der Waals surface area contributed by atoms with E-state index >= 15 is 0 Å². The van der Waals surface area contributed by atoms with Gasteiger partial charge in [-0.1, -0.05) is 29.8 Å². The first-order valence-electron chi connectivity index (χ1n) is 8.29. The lowest BCUT2D eigenvalue weighted by molar-refractivity contribution is -0.116. The van der Waals surface area contributed by atoms with Crippen molar-refractivity contribution in [1.29, 1.82) is 0 Å². The lowest BCUT2D eigenvalue weighted by Crippen LogP contribution is -2.15. The molecule has 0 radical (unpaired) electrons. The number of hydrogen-bond acceptors (Lipinski definition) is 4. The molecule has 0 spiro atoms. The second kappa shape index (κ2) is 8.09. The van der Waals surface area contributed by atoms with Crippen LogP contribution in [0.1, 0.15) is 18.2 Å². The Labute approximate surface area is 160 Å². The molecular weight excluding hydrogens is 365 g/mol. The van der Waals surface area contributed by atoms with Crippen molar-refractivity contribution in [1.82, 2.24) is 4.98 Å². The largest absolute Gasteiger partial charge is 0.326 e. The van der Waals surface area contributed by atoms with Crippen LogP contribution >= 0.6 is 11.3 Å². The maximum absolute atomic E-state index is 13.7. The highest BCUT2D eigenvalue weighted by atomic mass is 32.1. The number of nitrogens with zero attached hydrogens (tertiary/aromatic N) is 1. The molecule has 7 heteroatoms. The number of aryl methyl sites for hydroxylation is 1. The van der Waals surface area contributed by atoms with Crippen molar-refractivity contribution >= 4 is 34.5 Å². The van der Waals surface area contributed by atoms with E-state index in [1.807, 2.05) is 36.6 Å². The zero-order valence-electron chi connectivity index (χ0n) is 14.9. The maximum Gasteiger partial charge on any atom is 0.230 e. The average Bonchev–Trinajstić information content (AvgIpc) is 3.06. The lowest BCUT2D eigenvalue weighted by Gasteiger charge is -2.08. The summed E-state index contributed by atoms with van der Waals surface area (Å²) < 4.78 is 13.7. The average molecular weight is 383 g/mol. The summed E-state index contributed by atoms with van der Waals surface area (Å²) in [5, 5.41) is 7.78. The number of rotatable bonds is 5. The van der Waals surface area contributed by atoms with Gasteiger partial charge in [-0.2, -0.15) is 0 Å². The Bertz CT molecular complexity index is 983. The highest BCUT2D eigenvalue weighted by molar-refractivity contribution is 7.13. The Morgan fingerprint density at radius 3 is 2.56 bits per heavy atom. The zero-order valence-corrected chi connectivity index (χ0v) is 15.7. The summed E-state index contributed by atoms with van der Waals surface area (Å²) in [4.78, 5) is 27.9. The molecule has 2 amide bonds. The Kier molecular flexibility index (Phi) is 5.61. The molecular formula is C20H18FN3O2S. The molecule has 3 rings (SSSR count). The molecule has 0 saturated heterocycles. The third-order valence-electron chi connectivity index (χ3n) is 3.75. The van der Waals surface area contributed by atoms with Crippen LogP contribution in [0.15, 0.2) is 47.8 Å². The molecule has 1 aromatic heterocycles. The third kappa shape index (κ3) is 4.98. The van der Waals surface area contributed by atoms with Gasteiger partial charge >= 0.3 is 0 Å². The van der Waals surface area contributed by atoms with Gasteiger partial charge in [-0.3, -0.25) is 9.59 Å². The van der Waals surface area contributed by atoms with Crippen LogP contribution in [-0.2, 0) is 16.0 Å². The normalized spacial score (nSPS) is 10.5. The molecule has 0 fully saturated rings. The van der Waals surface area contributed by atoms with Crippen molar-refractivity contribution in [3.05, 3.63) is 64.9 Å². The van der Waals surface area contributed by atoms with Crippen LogP contribution in [0.4, 0.5) is 15.8 Å². The van der Waals surface area contributed by atoms with E-state index in [1.54, 1.807) is 0 Å². The fraction of sp³-hybridized carbons (Fsp3) is 0.150. The first kappa shape index (κ1) is 18.7. The fourth-order valence-corrected chi connectivity index (χ4v) is 3.30. The number of aromatic nitrogens is 1. The van der Waals surface area contributed by atoms with Gasteiger partial charge in [0.2, 0.25) is 11.8 Å². The third-order valence-corrected chi connectivity index (χ3v) is 4.69.